The molecule has 8 heteroatoms. The fourth-order valence-electron chi connectivity index (χ4n) is 3.33. The highest BCUT2D eigenvalue weighted by atomic mass is 35.5. The largest absolute Gasteiger partial charge is 0.384 e. The molecular formula is C19H26ClN5O2. The highest BCUT2D eigenvalue weighted by Gasteiger charge is 2.22. The minimum absolute atomic E-state index is 0.0436. The van der Waals surface area contributed by atoms with Gasteiger partial charge in [-0.3, -0.25) is 9.69 Å². The number of fused-ring (bicyclic) bond motifs is 1. The van der Waals surface area contributed by atoms with Crippen LogP contribution in [0.5, 0.6) is 0 Å². The predicted octanol–water partition coefficient (Wildman–Crippen LogP) is 2.20. The number of amides is 1. The molecular weight excluding hydrogens is 366 g/mol. The fourth-order valence-corrected chi connectivity index (χ4v) is 3.55. The normalized spacial score (nSPS) is 15.8. The van der Waals surface area contributed by atoms with E-state index in [9.17, 15) is 4.79 Å². The van der Waals surface area contributed by atoms with Crippen LogP contribution in [-0.4, -0.2) is 52.4 Å². The number of halogens is 1. The van der Waals surface area contributed by atoms with Gasteiger partial charge in [-0.2, -0.15) is 0 Å². The summed E-state index contributed by atoms with van der Waals surface area (Å²) in [4.78, 5) is 14.4. The standard InChI is InChI=1S/C19H26ClN5O2/c1-14(21-18(26)7-11-27-2)19-23-22-17-6-8-24(9-10-25(17)19)13-15-4-3-5-16(20)12-15/h3-5,12,14H,6-11,13H2,1-2H3,(H,21,26)/t14-/m1/s1. The smallest absolute Gasteiger partial charge is 0.222 e. The second-order valence-corrected chi connectivity index (χ2v) is 7.25. The number of ether oxygens (including phenoxy) is 1. The number of nitrogens with zero attached hydrogens (tertiary/aromatic N) is 4. The van der Waals surface area contributed by atoms with E-state index in [2.05, 4.69) is 31.0 Å². The summed E-state index contributed by atoms with van der Waals surface area (Å²) in [6.45, 7) is 5.83. The van der Waals surface area contributed by atoms with Gasteiger partial charge in [0.1, 0.15) is 5.82 Å². The Morgan fingerprint density at radius 1 is 1.33 bits per heavy atom. The van der Waals surface area contributed by atoms with Crippen molar-refractivity contribution >= 4 is 17.5 Å². The number of carbonyl (C=O) groups excluding carboxylic acids is 1. The quantitative estimate of drug-likeness (QED) is 0.783. The second kappa shape index (κ2) is 9.30. The Balaban J connectivity index is 1.62. The molecule has 1 aliphatic rings. The molecule has 3 rings (SSSR count). The van der Waals surface area contributed by atoms with E-state index in [1.165, 1.54) is 5.56 Å². The van der Waals surface area contributed by atoms with Crippen LogP contribution in [0, 0.1) is 0 Å². The maximum atomic E-state index is 12.0. The molecule has 1 aromatic carbocycles. The second-order valence-electron chi connectivity index (χ2n) is 6.81. The molecule has 0 aliphatic carbocycles. The third-order valence-electron chi connectivity index (χ3n) is 4.74. The molecule has 0 saturated heterocycles. The van der Waals surface area contributed by atoms with Crippen LogP contribution in [0.3, 0.4) is 0 Å². The van der Waals surface area contributed by atoms with E-state index in [0.29, 0.717) is 13.0 Å². The third kappa shape index (κ3) is 5.28. The molecule has 1 aromatic heterocycles. The lowest BCUT2D eigenvalue weighted by Crippen LogP contribution is -2.30. The third-order valence-corrected chi connectivity index (χ3v) is 4.98. The first-order valence-electron chi connectivity index (χ1n) is 9.24. The predicted molar refractivity (Wildman–Crippen MR) is 104 cm³/mol. The molecule has 1 aliphatic heterocycles. The number of hydrogen-bond acceptors (Lipinski definition) is 5. The Kier molecular flexibility index (Phi) is 6.82. The number of rotatable bonds is 7. The van der Waals surface area contributed by atoms with Crippen LogP contribution in [0.1, 0.15) is 36.6 Å². The topological polar surface area (TPSA) is 72.3 Å². The monoisotopic (exact) mass is 391 g/mol. The SMILES string of the molecule is COCCC(=O)N[C@H](C)c1nnc2n1CCN(Cc1cccc(Cl)c1)CC2. The van der Waals surface area contributed by atoms with Gasteiger partial charge in [-0.15, -0.1) is 10.2 Å². The zero-order valence-electron chi connectivity index (χ0n) is 15.8. The van der Waals surface area contributed by atoms with Gasteiger partial charge in [0.2, 0.25) is 5.91 Å². The molecule has 0 saturated carbocycles. The summed E-state index contributed by atoms with van der Waals surface area (Å²) in [5, 5.41) is 12.4. The molecule has 1 N–H and O–H groups in total. The molecule has 2 aromatic rings. The maximum absolute atomic E-state index is 12.0. The van der Waals surface area contributed by atoms with Crippen LogP contribution in [0.2, 0.25) is 5.02 Å². The summed E-state index contributed by atoms with van der Waals surface area (Å²) in [7, 11) is 1.59. The first-order chi connectivity index (χ1) is 13.1. The summed E-state index contributed by atoms with van der Waals surface area (Å²) in [6.07, 6.45) is 1.17. The number of aromatic nitrogens is 3. The molecule has 0 unspecified atom stereocenters. The van der Waals surface area contributed by atoms with E-state index < -0.39 is 0 Å². The molecule has 7 nitrogen and oxygen atoms in total. The Labute approximate surface area is 164 Å². The van der Waals surface area contributed by atoms with Gasteiger partial charge in [0.15, 0.2) is 5.82 Å². The van der Waals surface area contributed by atoms with Crippen molar-refractivity contribution in [3.63, 3.8) is 0 Å². The Hall–Kier alpha value is -1.96. The average molecular weight is 392 g/mol. The van der Waals surface area contributed by atoms with Crippen LogP contribution in [0.25, 0.3) is 0 Å². The van der Waals surface area contributed by atoms with Crippen molar-refractivity contribution < 1.29 is 9.53 Å². The van der Waals surface area contributed by atoms with Crippen LogP contribution < -0.4 is 5.32 Å². The minimum Gasteiger partial charge on any atom is -0.384 e. The van der Waals surface area contributed by atoms with E-state index in [0.717, 1.165) is 49.3 Å². The van der Waals surface area contributed by atoms with Gasteiger partial charge in [-0.1, -0.05) is 23.7 Å². The van der Waals surface area contributed by atoms with Crippen LogP contribution in [0.4, 0.5) is 0 Å². The van der Waals surface area contributed by atoms with E-state index in [1.807, 2.05) is 25.1 Å². The lowest BCUT2D eigenvalue weighted by molar-refractivity contribution is -0.122. The number of carbonyl (C=O) groups is 1. The van der Waals surface area contributed by atoms with Gasteiger partial charge in [0, 0.05) is 51.2 Å². The Bertz CT molecular complexity index is 779. The maximum Gasteiger partial charge on any atom is 0.222 e. The lowest BCUT2D eigenvalue weighted by Gasteiger charge is -2.20. The van der Waals surface area contributed by atoms with E-state index in [-0.39, 0.29) is 11.9 Å². The lowest BCUT2D eigenvalue weighted by atomic mass is 10.2. The Morgan fingerprint density at radius 3 is 2.96 bits per heavy atom. The molecule has 0 bridgehead atoms. The van der Waals surface area contributed by atoms with Crippen LogP contribution in [0.15, 0.2) is 24.3 Å². The molecule has 0 radical (unpaired) electrons. The molecule has 1 amide bonds. The van der Waals surface area contributed by atoms with Gasteiger partial charge in [-0.25, -0.2) is 0 Å². The number of nitrogens with one attached hydrogen (secondary N) is 1. The average Bonchev–Trinajstić information content (AvgIpc) is 2.95. The van der Waals surface area contributed by atoms with E-state index in [4.69, 9.17) is 16.3 Å². The summed E-state index contributed by atoms with van der Waals surface area (Å²) < 4.78 is 7.09. The molecule has 146 valence electrons. The van der Waals surface area contributed by atoms with Crippen molar-refractivity contribution in [3.05, 3.63) is 46.5 Å². The van der Waals surface area contributed by atoms with E-state index in [1.54, 1.807) is 7.11 Å². The van der Waals surface area contributed by atoms with Gasteiger partial charge in [0.05, 0.1) is 12.6 Å². The van der Waals surface area contributed by atoms with Crippen LogP contribution >= 0.6 is 11.6 Å². The highest BCUT2D eigenvalue weighted by Crippen LogP contribution is 2.18. The van der Waals surface area contributed by atoms with Crippen molar-refractivity contribution in [2.24, 2.45) is 0 Å². The summed E-state index contributed by atoms with van der Waals surface area (Å²) in [5.41, 5.74) is 1.21. The zero-order valence-corrected chi connectivity index (χ0v) is 16.6. The molecule has 1 atom stereocenters. The summed E-state index contributed by atoms with van der Waals surface area (Å²) >= 11 is 6.10. The number of hydrogen-bond donors (Lipinski definition) is 1. The number of benzene rings is 1. The fraction of sp³-hybridized carbons (Fsp3) is 0.526. The Morgan fingerprint density at radius 2 is 2.19 bits per heavy atom. The van der Waals surface area contributed by atoms with Gasteiger partial charge in [-0.05, 0) is 24.6 Å². The molecule has 0 spiro atoms. The van der Waals surface area contributed by atoms with Crippen molar-refractivity contribution in [1.82, 2.24) is 25.0 Å². The number of methoxy groups -OCH3 is 1. The van der Waals surface area contributed by atoms with Gasteiger partial charge < -0.3 is 14.6 Å². The summed E-state index contributed by atoms with van der Waals surface area (Å²) in [5.74, 6) is 1.73. The van der Waals surface area contributed by atoms with Crippen LogP contribution in [-0.2, 0) is 29.0 Å². The van der Waals surface area contributed by atoms with Crippen molar-refractivity contribution in [3.8, 4) is 0 Å². The first-order valence-corrected chi connectivity index (χ1v) is 9.61. The zero-order chi connectivity index (χ0) is 19.2. The van der Waals surface area contributed by atoms with Gasteiger partial charge in [0.25, 0.3) is 0 Å². The first kappa shape index (κ1) is 19.8. The van der Waals surface area contributed by atoms with E-state index >= 15 is 0 Å². The highest BCUT2D eigenvalue weighted by molar-refractivity contribution is 6.30. The molecule has 2 heterocycles. The minimum atomic E-state index is -0.185. The van der Waals surface area contributed by atoms with Crippen molar-refractivity contribution in [2.45, 2.75) is 38.9 Å². The molecule has 0 fully saturated rings. The summed E-state index contributed by atoms with van der Waals surface area (Å²) in [6, 6.07) is 7.80. The van der Waals surface area contributed by atoms with Crippen molar-refractivity contribution in [2.75, 3.05) is 26.8 Å². The van der Waals surface area contributed by atoms with Crippen molar-refractivity contribution in [1.29, 1.82) is 0 Å². The molecule has 27 heavy (non-hydrogen) atoms. The van der Waals surface area contributed by atoms with Gasteiger partial charge >= 0.3 is 0 Å².